The molecule has 0 heterocycles. The third-order valence-corrected chi connectivity index (χ3v) is 1.12. The molecule has 0 amide bonds. The molecular formula is C9H10F2. The normalized spacial score (nSPS) is 8.27. The van der Waals surface area contributed by atoms with Crippen molar-refractivity contribution in [1.29, 1.82) is 0 Å². The lowest BCUT2D eigenvalue weighted by Crippen LogP contribution is -1.81. The molecule has 0 unspecified atom stereocenters. The van der Waals surface area contributed by atoms with Crippen molar-refractivity contribution < 1.29 is 8.78 Å². The molecular weight excluding hydrogens is 146 g/mol. The third-order valence-electron chi connectivity index (χ3n) is 1.12. The topological polar surface area (TPSA) is 0 Å². The number of aryl methyl sites for hydroxylation is 1. The summed E-state index contributed by atoms with van der Waals surface area (Å²) >= 11 is 0. The van der Waals surface area contributed by atoms with Gasteiger partial charge in [0, 0.05) is 0 Å². The summed E-state index contributed by atoms with van der Waals surface area (Å²) in [7, 11) is 0. The molecule has 1 aromatic carbocycles. The molecule has 0 nitrogen and oxygen atoms in total. The molecule has 1 rings (SSSR count). The Morgan fingerprint density at radius 1 is 1.18 bits per heavy atom. The van der Waals surface area contributed by atoms with Gasteiger partial charge in [0.15, 0.2) is 0 Å². The van der Waals surface area contributed by atoms with Crippen molar-refractivity contribution in [3.05, 3.63) is 48.6 Å². The van der Waals surface area contributed by atoms with Crippen LogP contribution in [0.1, 0.15) is 5.56 Å². The van der Waals surface area contributed by atoms with E-state index >= 15 is 0 Å². The fraction of sp³-hybridized carbons (Fsp3) is 0.111. The maximum Gasteiger partial charge on any atom is 0.126 e. The molecule has 1 aromatic rings. The lowest BCUT2D eigenvalue weighted by Gasteiger charge is -1.92. The largest absolute Gasteiger partial charge is 0.207 e. The minimum atomic E-state index is -0.395. The minimum absolute atomic E-state index is 0.343. The fourth-order valence-electron chi connectivity index (χ4n) is 0.608. The molecule has 0 fully saturated rings. The van der Waals surface area contributed by atoms with Crippen LogP contribution in [0, 0.1) is 18.6 Å². The summed E-state index contributed by atoms with van der Waals surface area (Å²) in [4.78, 5) is 0. The van der Waals surface area contributed by atoms with Crippen LogP contribution in [0.25, 0.3) is 0 Å². The highest BCUT2D eigenvalue weighted by Crippen LogP contribution is 2.06. The highest BCUT2D eigenvalue weighted by atomic mass is 19.1. The highest BCUT2D eigenvalue weighted by Gasteiger charge is 1.95. The van der Waals surface area contributed by atoms with Gasteiger partial charge in [-0.1, -0.05) is 0 Å². The molecule has 0 aliphatic rings. The van der Waals surface area contributed by atoms with Gasteiger partial charge in [0.25, 0.3) is 0 Å². The van der Waals surface area contributed by atoms with Crippen molar-refractivity contribution in [3.63, 3.8) is 0 Å². The number of hydrogen-bond donors (Lipinski definition) is 0. The zero-order chi connectivity index (χ0) is 8.85. The first kappa shape index (κ1) is 9.82. The van der Waals surface area contributed by atoms with Gasteiger partial charge < -0.3 is 0 Å². The Morgan fingerprint density at radius 2 is 1.73 bits per heavy atom. The van der Waals surface area contributed by atoms with Gasteiger partial charge in [-0.25, -0.2) is 8.78 Å². The van der Waals surface area contributed by atoms with Crippen LogP contribution in [0.5, 0.6) is 0 Å². The van der Waals surface area contributed by atoms with Gasteiger partial charge in [-0.15, -0.1) is 13.2 Å². The van der Waals surface area contributed by atoms with E-state index in [1.807, 2.05) is 0 Å². The Bertz CT molecular complexity index is 231. The first-order valence-corrected chi connectivity index (χ1v) is 3.12. The average Bonchev–Trinajstić information content (AvgIpc) is 2.02. The number of halogens is 2. The van der Waals surface area contributed by atoms with Crippen LogP contribution in [0.15, 0.2) is 31.4 Å². The molecule has 11 heavy (non-hydrogen) atoms. The van der Waals surface area contributed by atoms with Crippen molar-refractivity contribution in [2.45, 2.75) is 6.92 Å². The Labute approximate surface area is 65.2 Å². The van der Waals surface area contributed by atoms with Crippen LogP contribution >= 0.6 is 0 Å². The second-order valence-corrected chi connectivity index (χ2v) is 1.89. The molecule has 0 saturated carbocycles. The summed E-state index contributed by atoms with van der Waals surface area (Å²) < 4.78 is 24.5. The molecule has 0 aromatic heterocycles. The van der Waals surface area contributed by atoms with Crippen molar-refractivity contribution in [3.8, 4) is 0 Å². The van der Waals surface area contributed by atoms with Gasteiger partial charge in [0.05, 0.1) is 0 Å². The Kier molecular flexibility index (Phi) is 4.11. The molecule has 0 saturated heterocycles. The van der Waals surface area contributed by atoms with E-state index < -0.39 is 5.82 Å². The van der Waals surface area contributed by atoms with E-state index in [0.717, 1.165) is 18.2 Å². The van der Waals surface area contributed by atoms with Gasteiger partial charge in [0.1, 0.15) is 11.6 Å². The van der Waals surface area contributed by atoms with Crippen molar-refractivity contribution in [2.24, 2.45) is 0 Å². The minimum Gasteiger partial charge on any atom is -0.207 e. The predicted molar refractivity (Wildman–Crippen MR) is 42.3 cm³/mol. The molecule has 60 valence electrons. The summed E-state index contributed by atoms with van der Waals surface area (Å²) in [5, 5.41) is 0. The van der Waals surface area contributed by atoms with E-state index in [1.165, 1.54) is 6.92 Å². The summed E-state index contributed by atoms with van der Waals surface area (Å²) in [6.45, 7) is 7.53. The monoisotopic (exact) mass is 156 g/mol. The van der Waals surface area contributed by atoms with E-state index in [-0.39, 0.29) is 5.82 Å². The zero-order valence-corrected chi connectivity index (χ0v) is 6.40. The first-order chi connectivity index (χ1) is 5.20. The maximum atomic E-state index is 12.3. The maximum absolute atomic E-state index is 12.3. The van der Waals surface area contributed by atoms with Gasteiger partial charge in [-0.05, 0) is 30.7 Å². The van der Waals surface area contributed by atoms with Gasteiger partial charge in [0.2, 0.25) is 0 Å². The molecule has 0 atom stereocenters. The second-order valence-electron chi connectivity index (χ2n) is 1.89. The molecule has 0 aliphatic carbocycles. The van der Waals surface area contributed by atoms with E-state index in [9.17, 15) is 8.78 Å². The second kappa shape index (κ2) is 4.61. The zero-order valence-electron chi connectivity index (χ0n) is 6.40. The highest BCUT2D eigenvalue weighted by molar-refractivity contribution is 5.16. The van der Waals surface area contributed by atoms with Crippen LogP contribution in [0.4, 0.5) is 8.78 Å². The number of benzene rings is 1. The molecule has 0 spiro atoms. The van der Waals surface area contributed by atoms with Crippen LogP contribution in [0.2, 0.25) is 0 Å². The lowest BCUT2D eigenvalue weighted by molar-refractivity contribution is 0.592. The van der Waals surface area contributed by atoms with Crippen molar-refractivity contribution in [2.75, 3.05) is 0 Å². The van der Waals surface area contributed by atoms with E-state index in [0.29, 0.717) is 5.56 Å². The third kappa shape index (κ3) is 2.94. The number of rotatable bonds is 0. The summed E-state index contributed by atoms with van der Waals surface area (Å²) in [6.07, 6.45) is 0. The van der Waals surface area contributed by atoms with Crippen LogP contribution in [-0.4, -0.2) is 0 Å². The standard InChI is InChI=1S/C7H6F2.C2H4/c1-5-4-6(8)2-3-7(5)9;1-2/h2-4H,1H3;1-2H2. The first-order valence-electron chi connectivity index (χ1n) is 3.12. The molecule has 0 aliphatic heterocycles. The summed E-state index contributed by atoms with van der Waals surface area (Å²) in [6, 6.07) is 3.38. The average molecular weight is 156 g/mol. The van der Waals surface area contributed by atoms with E-state index in [4.69, 9.17) is 0 Å². The Balaban J connectivity index is 0.000000461. The predicted octanol–water partition coefficient (Wildman–Crippen LogP) is 3.08. The molecule has 0 radical (unpaired) electrons. The Hall–Kier alpha value is -1.18. The quantitative estimate of drug-likeness (QED) is 0.506. The molecule has 2 heteroatoms. The van der Waals surface area contributed by atoms with Crippen molar-refractivity contribution >= 4 is 0 Å². The molecule has 0 N–H and O–H groups in total. The smallest absolute Gasteiger partial charge is 0.126 e. The number of hydrogen-bond acceptors (Lipinski definition) is 0. The van der Waals surface area contributed by atoms with Crippen LogP contribution in [-0.2, 0) is 0 Å². The van der Waals surface area contributed by atoms with E-state index in [2.05, 4.69) is 13.2 Å². The molecule has 0 bridgehead atoms. The summed E-state index contributed by atoms with van der Waals surface area (Å²) in [5.41, 5.74) is 0.343. The lowest BCUT2D eigenvalue weighted by atomic mass is 10.2. The van der Waals surface area contributed by atoms with Crippen LogP contribution < -0.4 is 0 Å². The SMILES string of the molecule is C=C.Cc1cc(F)ccc1F. The Morgan fingerprint density at radius 3 is 2.09 bits per heavy atom. The fourth-order valence-corrected chi connectivity index (χ4v) is 0.608. The van der Waals surface area contributed by atoms with Gasteiger partial charge in [-0.3, -0.25) is 0 Å². The summed E-state index contributed by atoms with van der Waals surface area (Å²) in [5.74, 6) is -0.759. The van der Waals surface area contributed by atoms with E-state index in [1.54, 1.807) is 0 Å². The van der Waals surface area contributed by atoms with Gasteiger partial charge in [-0.2, -0.15) is 0 Å². The van der Waals surface area contributed by atoms with Crippen LogP contribution in [0.3, 0.4) is 0 Å². The van der Waals surface area contributed by atoms with Crippen molar-refractivity contribution in [1.82, 2.24) is 0 Å². The van der Waals surface area contributed by atoms with Gasteiger partial charge >= 0.3 is 0 Å².